The Hall–Kier alpha value is -3.23. The number of carbonyl (C=O) groups is 1. The number of aromatic nitrogens is 2. The fraction of sp³-hybridized carbons (Fsp3) is 0.167. The van der Waals surface area contributed by atoms with Crippen LogP contribution in [0.2, 0.25) is 0 Å². The highest BCUT2D eigenvalue weighted by Crippen LogP contribution is 2.40. The molecule has 1 unspecified atom stereocenters. The maximum absolute atomic E-state index is 14.4. The lowest BCUT2D eigenvalue weighted by Crippen LogP contribution is -2.31. The zero-order valence-corrected chi connectivity index (χ0v) is 18.7. The van der Waals surface area contributed by atoms with Crippen LogP contribution in [0.4, 0.5) is 4.39 Å². The van der Waals surface area contributed by atoms with E-state index in [1.165, 1.54) is 19.2 Å². The van der Waals surface area contributed by atoms with E-state index in [9.17, 15) is 9.18 Å². The van der Waals surface area contributed by atoms with Gasteiger partial charge in [0, 0.05) is 29.3 Å². The molecule has 8 heteroatoms. The lowest BCUT2D eigenvalue weighted by Gasteiger charge is -2.28. The molecule has 4 aromatic rings. The molecule has 1 aromatic heterocycles. The number of benzene rings is 3. The summed E-state index contributed by atoms with van der Waals surface area (Å²) in [5.41, 5.74) is 3.58. The van der Waals surface area contributed by atoms with Gasteiger partial charge < -0.3 is 19.4 Å². The number of imidazole rings is 1. The topological polar surface area (TPSA) is 67.5 Å². The molecule has 0 bridgehead atoms. The number of fused-ring (bicyclic) bond motifs is 2. The first-order valence-corrected chi connectivity index (χ1v) is 10.8. The molecule has 0 radical (unpaired) electrons. The van der Waals surface area contributed by atoms with Gasteiger partial charge in [-0.3, -0.25) is 4.79 Å². The van der Waals surface area contributed by atoms with Crippen molar-refractivity contribution in [3.05, 3.63) is 93.5 Å². The number of nitrogens with one attached hydrogen (secondary N) is 1. The second kappa shape index (κ2) is 8.37. The van der Waals surface area contributed by atoms with Crippen molar-refractivity contribution in [3.8, 4) is 5.75 Å². The number of hydrogen-bond acceptors (Lipinski definition) is 4. The van der Waals surface area contributed by atoms with E-state index in [4.69, 9.17) is 14.5 Å². The Morgan fingerprint density at radius 2 is 2.03 bits per heavy atom. The molecule has 1 aliphatic rings. The summed E-state index contributed by atoms with van der Waals surface area (Å²) in [6, 6.07) is 16.8. The van der Waals surface area contributed by atoms with Crippen molar-refractivity contribution in [2.45, 2.75) is 12.6 Å². The minimum absolute atomic E-state index is 0.00734. The number of amides is 1. The summed E-state index contributed by atoms with van der Waals surface area (Å²) in [5, 5.41) is 0. The monoisotopic (exact) mass is 495 g/mol. The van der Waals surface area contributed by atoms with Gasteiger partial charge in [0.15, 0.2) is 6.79 Å². The molecule has 0 fully saturated rings. The third kappa shape index (κ3) is 3.65. The Labute approximate surface area is 192 Å². The van der Waals surface area contributed by atoms with Gasteiger partial charge in [0.25, 0.3) is 5.91 Å². The maximum atomic E-state index is 14.4. The van der Waals surface area contributed by atoms with Crippen molar-refractivity contribution in [2.24, 2.45) is 0 Å². The molecule has 6 nitrogen and oxygen atoms in total. The summed E-state index contributed by atoms with van der Waals surface area (Å²) >= 11 is 3.44. The smallest absolute Gasteiger partial charge is 0.255 e. The first-order chi connectivity index (χ1) is 15.5. The van der Waals surface area contributed by atoms with Crippen LogP contribution in [0.3, 0.4) is 0 Å². The molecular formula is C24H19BrFN3O3. The standard InChI is InChI=1S/C24H19BrFN3O3/c1-31-13-32-21-9-8-16(26)11-18(21)22(23-27-19-4-2-3-5-20(19)28-23)29-12-14-6-7-15(25)10-17(14)24(29)30/h2-11,22H,12-13H2,1H3,(H,27,28). The van der Waals surface area contributed by atoms with Crippen molar-refractivity contribution in [3.63, 3.8) is 0 Å². The molecule has 0 saturated heterocycles. The summed E-state index contributed by atoms with van der Waals surface area (Å²) in [6.45, 7) is 0.357. The average Bonchev–Trinajstić information content (AvgIpc) is 3.35. The molecule has 5 rings (SSSR count). The second-order valence-corrected chi connectivity index (χ2v) is 8.42. The highest BCUT2D eigenvalue weighted by Gasteiger charge is 2.37. The number of ether oxygens (including phenoxy) is 2. The SMILES string of the molecule is COCOc1ccc(F)cc1C(c1nc2ccccc2[nH]1)N1Cc2ccc(Br)cc2C1=O. The zero-order chi connectivity index (χ0) is 22.2. The number of methoxy groups -OCH3 is 1. The van der Waals surface area contributed by atoms with Crippen molar-refractivity contribution >= 4 is 32.9 Å². The van der Waals surface area contributed by atoms with Gasteiger partial charge in [-0.2, -0.15) is 0 Å². The minimum Gasteiger partial charge on any atom is -0.467 e. The van der Waals surface area contributed by atoms with Gasteiger partial charge in [0.1, 0.15) is 23.4 Å². The van der Waals surface area contributed by atoms with E-state index in [2.05, 4.69) is 20.9 Å². The molecule has 2 heterocycles. The Morgan fingerprint density at radius 1 is 1.19 bits per heavy atom. The molecule has 0 aliphatic carbocycles. The number of nitrogens with zero attached hydrogens (tertiary/aromatic N) is 2. The third-order valence-corrected chi connectivity index (χ3v) is 5.97. The van der Waals surface area contributed by atoms with Crippen molar-refractivity contribution in [1.82, 2.24) is 14.9 Å². The molecule has 0 spiro atoms. The largest absolute Gasteiger partial charge is 0.467 e. The number of halogens is 2. The highest BCUT2D eigenvalue weighted by atomic mass is 79.9. The van der Waals surface area contributed by atoms with Gasteiger partial charge in [0.2, 0.25) is 0 Å². The number of rotatable bonds is 6. The van der Waals surface area contributed by atoms with Crippen LogP contribution in [0, 0.1) is 5.82 Å². The quantitative estimate of drug-likeness (QED) is 0.373. The summed E-state index contributed by atoms with van der Waals surface area (Å²) in [6.07, 6.45) is 0. The first-order valence-electron chi connectivity index (χ1n) is 10.0. The van der Waals surface area contributed by atoms with E-state index in [0.717, 1.165) is 21.1 Å². The van der Waals surface area contributed by atoms with Crippen LogP contribution in [0.1, 0.15) is 33.4 Å². The molecule has 162 valence electrons. The lowest BCUT2D eigenvalue weighted by molar-refractivity contribution is 0.0487. The second-order valence-electron chi connectivity index (χ2n) is 7.51. The molecule has 32 heavy (non-hydrogen) atoms. The number of hydrogen-bond donors (Lipinski definition) is 1. The van der Waals surface area contributed by atoms with Gasteiger partial charge in [-0.1, -0.05) is 34.1 Å². The fourth-order valence-electron chi connectivity index (χ4n) is 4.06. The number of para-hydroxylation sites is 2. The van der Waals surface area contributed by atoms with E-state index in [0.29, 0.717) is 29.2 Å². The highest BCUT2D eigenvalue weighted by molar-refractivity contribution is 9.10. The van der Waals surface area contributed by atoms with E-state index in [-0.39, 0.29) is 12.7 Å². The lowest BCUT2D eigenvalue weighted by atomic mass is 10.0. The van der Waals surface area contributed by atoms with Crippen LogP contribution in [0.5, 0.6) is 5.75 Å². The number of aromatic amines is 1. The molecule has 1 atom stereocenters. The normalized spacial score (nSPS) is 14.1. The number of H-pyrrole nitrogens is 1. The summed E-state index contributed by atoms with van der Waals surface area (Å²) in [5.74, 6) is 0.356. The van der Waals surface area contributed by atoms with Crippen LogP contribution in [-0.4, -0.2) is 34.7 Å². The van der Waals surface area contributed by atoms with Crippen molar-refractivity contribution in [2.75, 3.05) is 13.9 Å². The first kappa shape index (κ1) is 20.7. The van der Waals surface area contributed by atoms with Crippen LogP contribution in [-0.2, 0) is 11.3 Å². The molecule has 0 saturated carbocycles. The Kier molecular flexibility index (Phi) is 5.40. The molecular weight excluding hydrogens is 477 g/mol. The molecule has 1 N–H and O–H groups in total. The molecule has 1 amide bonds. The van der Waals surface area contributed by atoms with Crippen LogP contribution >= 0.6 is 15.9 Å². The average molecular weight is 496 g/mol. The van der Waals surface area contributed by atoms with E-state index in [1.807, 2.05) is 36.4 Å². The zero-order valence-electron chi connectivity index (χ0n) is 17.1. The van der Waals surface area contributed by atoms with Gasteiger partial charge in [-0.05, 0) is 48.0 Å². The van der Waals surface area contributed by atoms with Crippen LogP contribution in [0.25, 0.3) is 11.0 Å². The summed E-state index contributed by atoms with van der Waals surface area (Å²) in [7, 11) is 1.51. The predicted octanol–water partition coefficient (Wildman–Crippen LogP) is 5.19. The Balaban J connectivity index is 1.67. The minimum atomic E-state index is -0.691. The van der Waals surface area contributed by atoms with E-state index < -0.39 is 11.9 Å². The Morgan fingerprint density at radius 3 is 2.84 bits per heavy atom. The third-order valence-electron chi connectivity index (χ3n) is 5.48. The molecule has 1 aliphatic heterocycles. The van der Waals surface area contributed by atoms with Crippen LogP contribution < -0.4 is 4.74 Å². The van der Waals surface area contributed by atoms with E-state index >= 15 is 0 Å². The van der Waals surface area contributed by atoms with Crippen LogP contribution in [0.15, 0.2) is 65.1 Å². The van der Waals surface area contributed by atoms with E-state index in [1.54, 1.807) is 17.0 Å². The number of carbonyl (C=O) groups excluding carboxylic acids is 1. The Bertz CT molecular complexity index is 1290. The van der Waals surface area contributed by atoms with Gasteiger partial charge in [-0.25, -0.2) is 9.37 Å². The molecule has 3 aromatic carbocycles. The van der Waals surface area contributed by atoms with Gasteiger partial charge in [0.05, 0.1) is 11.0 Å². The van der Waals surface area contributed by atoms with Gasteiger partial charge >= 0.3 is 0 Å². The van der Waals surface area contributed by atoms with Crippen molar-refractivity contribution < 1.29 is 18.7 Å². The summed E-state index contributed by atoms with van der Waals surface area (Å²) in [4.78, 5) is 23.2. The van der Waals surface area contributed by atoms with Gasteiger partial charge in [-0.15, -0.1) is 0 Å². The van der Waals surface area contributed by atoms with Crippen molar-refractivity contribution in [1.29, 1.82) is 0 Å². The maximum Gasteiger partial charge on any atom is 0.255 e. The predicted molar refractivity (Wildman–Crippen MR) is 121 cm³/mol. The fourth-order valence-corrected chi connectivity index (χ4v) is 4.42. The summed E-state index contributed by atoms with van der Waals surface area (Å²) < 4.78 is 26.0.